The summed E-state index contributed by atoms with van der Waals surface area (Å²) < 4.78 is 15.8. The third-order valence-corrected chi connectivity index (χ3v) is 4.75. The van der Waals surface area contributed by atoms with Gasteiger partial charge in [-0.2, -0.15) is 4.98 Å². The van der Waals surface area contributed by atoms with Crippen LogP contribution >= 0.6 is 0 Å². The molecule has 7 nitrogen and oxygen atoms in total. The molecule has 132 valence electrons. The maximum Gasteiger partial charge on any atom is 0.231 e. The van der Waals surface area contributed by atoms with Gasteiger partial charge in [0.1, 0.15) is 0 Å². The lowest BCUT2D eigenvalue weighted by atomic mass is 9.97. The Labute approximate surface area is 145 Å². The molecule has 1 aromatic carbocycles. The van der Waals surface area contributed by atoms with Gasteiger partial charge in [0.25, 0.3) is 0 Å². The molecule has 0 saturated carbocycles. The van der Waals surface area contributed by atoms with Gasteiger partial charge in [0.05, 0.1) is 0 Å². The van der Waals surface area contributed by atoms with Crippen LogP contribution in [0.15, 0.2) is 22.7 Å². The van der Waals surface area contributed by atoms with Crippen molar-refractivity contribution in [1.29, 1.82) is 0 Å². The smallest absolute Gasteiger partial charge is 0.231 e. The maximum atomic E-state index is 12.6. The molecule has 1 aromatic heterocycles. The fraction of sp³-hybridized carbons (Fsp3) is 0.500. The summed E-state index contributed by atoms with van der Waals surface area (Å²) in [5.74, 6) is 3.15. The number of amides is 1. The van der Waals surface area contributed by atoms with Gasteiger partial charge in [-0.15, -0.1) is 0 Å². The normalized spacial score (nSPS) is 19.2. The monoisotopic (exact) mass is 343 g/mol. The van der Waals surface area contributed by atoms with Gasteiger partial charge in [-0.25, -0.2) is 0 Å². The Balaban J connectivity index is 1.34. The Morgan fingerprint density at radius 2 is 2.20 bits per heavy atom. The second-order valence-electron chi connectivity index (χ2n) is 6.54. The van der Waals surface area contributed by atoms with Crippen LogP contribution in [0.1, 0.15) is 42.5 Å². The Morgan fingerprint density at radius 3 is 3.04 bits per heavy atom. The van der Waals surface area contributed by atoms with E-state index >= 15 is 0 Å². The number of hydrogen-bond acceptors (Lipinski definition) is 6. The van der Waals surface area contributed by atoms with Crippen LogP contribution < -0.4 is 9.47 Å². The summed E-state index contributed by atoms with van der Waals surface area (Å²) in [6.45, 7) is 3.52. The first-order valence-corrected chi connectivity index (χ1v) is 8.65. The van der Waals surface area contributed by atoms with Crippen molar-refractivity contribution in [3.05, 3.63) is 35.5 Å². The van der Waals surface area contributed by atoms with E-state index in [0.29, 0.717) is 31.1 Å². The molecule has 2 aliphatic rings. The molecule has 25 heavy (non-hydrogen) atoms. The van der Waals surface area contributed by atoms with Gasteiger partial charge in [0, 0.05) is 32.4 Å². The van der Waals surface area contributed by atoms with Crippen molar-refractivity contribution in [2.45, 2.75) is 38.5 Å². The minimum atomic E-state index is 0.167. The van der Waals surface area contributed by atoms with E-state index in [0.717, 1.165) is 36.4 Å². The van der Waals surface area contributed by atoms with Gasteiger partial charge in [0.15, 0.2) is 17.3 Å². The van der Waals surface area contributed by atoms with Gasteiger partial charge in [-0.3, -0.25) is 4.79 Å². The zero-order chi connectivity index (χ0) is 17.2. The Morgan fingerprint density at radius 1 is 1.32 bits per heavy atom. The summed E-state index contributed by atoms with van der Waals surface area (Å²) in [6, 6.07) is 5.84. The predicted molar refractivity (Wildman–Crippen MR) is 88.5 cm³/mol. The number of carbonyl (C=O) groups is 1. The molecule has 2 aliphatic heterocycles. The lowest BCUT2D eigenvalue weighted by Gasteiger charge is -2.31. The van der Waals surface area contributed by atoms with E-state index in [1.54, 1.807) is 6.92 Å². The molecule has 0 unspecified atom stereocenters. The Hall–Kier alpha value is -2.57. The number of carbonyl (C=O) groups excluding carboxylic acids is 1. The van der Waals surface area contributed by atoms with Crippen LogP contribution in [-0.2, 0) is 11.2 Å². The van der Waals surface area contributed by atoms with Crippen LogP contribution in [0.25, 0.3) is 0 Å². The van der Waals surface area contributed by atoms with Crippen molar-refractivity contribution >= 4 is 5.91 Å². The fourth-order valence-electron chi connectivity index (χ4n) is 3.40. The second kappa shape index (κ2) is 6.74. The highest BCUT2D eigenvalue weighted by molar-refractivity contribution is 5.76. The average Bonchev–Trinajstić information content (AvgIpc) is 3.28. The van der Waals surface area contributed by atoms with Gasteiger partial charge in [-0.1, -0.05) is 11.2 Å². The SMILES string of the molecule is Cc1nc([C@H]2CCCN(C(=O)CCc3ccc4c(c3)OCO4)C2)no1. The number of aromatic nitrogens is 2. The minimum Gasteiger partial charge on any atom is -0.454 e. The largest absolute Gasteiger partial charge is 0.454 e. The van der Waals surface area contributed by atoms with Crippen molar-refractivity contribution in [3.63, 3.8) is 0 Å². The van der Waals surface area contributed by atoms with Crippen molar-refractivity contribution in [2.75, 3.05) is 19.9 Å². The quantitative estimate of drug-likeness (QED) is 0.848. The molecule has 0 N–H and O–H groups in total. The van der Waals surface area contributed by atoms with E-state index in [4.69, 9.17) is 14.0 Å². The number of piperidine rings is 1. The molecule has 1 fully saturated rings. The molecular weight excluding hydrogens is 322 g/mol. The average molecular weight is 343 g/mol. The van der Waals surface area contributed by atoms with Gasteiger partial charge >= 0.3 is 0 Å². The number of rotatable bonds is 4. The van der Waals surface area contributed by atoms with Gasteiger partial charge in [0.2, 0.25) is 18.6 Å². The van der Waals surface area contributed by atoms with Crippen LogP contribution in [0.5, 0.6) is 11.5 Å². The number of hydrogen-bond donors (Lipinski definition) is 0. The second-order valence-corrected chi connectivity index (χ2v) is 6.54. The molecule has 2 aromatic rings. The zero-order valence-corrected chi connectivity index (χ0v) is 14.2. The lowest BCUT2D eigenvalue weighted by molar-refractivity contribution is -0.132. The summed E-state index contributed by atoms with van der Waals surface area (Å²) in [5.41, 5.74) is 1.08. The number of fused-ring (bicyclic) bond motifs is 1. The van der Waals surface area contributed by atoms with Crippen molar-refractivity contribution < 1.29 is 18.8 Å². The summed E-state index contributed by atoms with van der Waals surface area (Å²) in [4.78, 5) is 18.8. The maximum absolute atomic E-state index is 12.6. The summed E-state index contributed by atoms with van der Waals surface area (Å²) >= 11 is 0. The molecular formula is C18H21N3O4. The van der Waals surface area contributed by atoms with Crippen molar-refractivity contribution in [1.82, 2.24) is 15.0 Å². The first-order chi connectivity index (χ1) is 12.2. The van der Waals surface area contributed by atoms with E-state index in [1.807, 2.05) is 23.1 Å². The van der Waals surface area contributed by atoms with Crippen LogP contribution in [0.4, 0.5) is 0 Å². The van der Waals surface area contributed by atoms with Crippen molar-refractivity contribution in [3.8, 4) is 11.5 Å². The summed E-state index contributed by atoms with van der Waals surface area (Å²) in [7, 11) is 0. The highest BCUT2D eigenvalue weighted by atomic mass is 16.7. The summed E-state index contributed by atoms with van der Waals surface area (Å²) in [5, 5.41) is 4.01. The molecule has 1 atom stereocenters. The first-order valence-electron chi connectivity index (χ1n) is 8.65. The molecule has 3 heterocycles. The Bertz CT molecular complexity index is 773. The number of aryl methyl sites for hydroxylation is 2. The molecule has 0 bridgehead atoms. The number of nitrogens with zero attached hydrogens (tertiary/aromatic N) is 3. The van der Waals surface area contributed by atoms with Gasteiger partial charge < -0.3 is 18.9 Å². The third-order valence-electron chi connectivity index (χ3n) is 4.75. The van der Waals surface area contributed by atoms with E-state index in [-0.39, 0.29) is 18.6 Å². The van der Waals surface area contributed by atoms with Crippen molar-refractivity contribution in [2.24, 2.45) is 0 Å². The van der Waals surface area contributed by atoms with E-state index in [9.17, 15) is 4.79 Å². The van der Waals surface area contributed by atoms with E-state index < -0.39 is 0 Å². The van der Waals surface area contributed by atoms with Crippen LogP contribution in [0, 0.1) is 6.92 Å². The highest BCUT2D eigenvalue weighted by Crippen LogP contribution is 2.33. The fourth-order valence-corrected chi connectivity index (χ4v) is 3.40. The molecule has 1 amide bonds. The topological polar surface area (TPSA) is 77.7 Å². The Kier molecular flexibility index (Phi) is 4.29. The lowest BCUT2D eigenvalue weighted by Crippen LogP contribution is -2.39. The minimum absolute atomic E-state index is 0.167. The number of likely N-dealkylation sites (tertiary alicyclic amines) is 1. The standard InChI is InChI=1S/C18H21N3O4/c1-12-19-18(20-25-12)14-3-2-8-21(10-14)17(22)7-5-13-4-6-15-16(9-13)24-11-23-15/h4,6,9,14H,2-3,5,7-8,10-11H2,1H3/t14-/m0/s1. The summed E-state index contributed by atoms with van der Waals surface area (Å²) in [6.07, 6.45) is 3.13. The van der Waals surface area contributed by atoms with Crippen LogP contribution in [-0.4, -0.2) is 40.8 Å². The van der Waals surface area contributed by atoms with Gasteiger partial charge in [-0.05, 0) is 37.0 Å². The zero-order valence-electron chi connectivity index (χ0n) is 14.2. The number of ether oxygens (including phenoxy) is 2. The molecule has 0 aliphatic carbocycles. The third kappa shape index (κ3) is 3.45. The highest BCUT2D eigenvalue weighted by Gasteiger charge is 2.27. The molecule has 0 radical (unpaired) electrons. The van der Waals surface area contributed by atoms with E-state index in [1.165, 1.54) is 0 Å². The van der Waals surface area contributed by atoms with E-state index in [2.05, 4.69) is 10.1 Å². The first kappa shape index (κ1) is 15.9. The molecule has 4 rings (SSSR count). The molecule has 1 saturated heterocycles. The molecule has 7 heteroatoms. The predicted octanol–water partition coefficient (Wildman–Crippen LogP) is 2.45. The van der Waals surface area contributed by atoms with Crippen LogP contribution in [0.3, 0.4) is 0 Å². The molecule has 0 spiro atoms. The number of benzene rings is 1. The van der Waals surface area contributed by atoms with Crippen LogP contribution in [0.2, 0.25) is 0 Å².